The van der Waals surface area contributed by atoms with Gasteiger partial charge in [0.1, 0.15) is 22.7 Å². The molecule has 0 fully saturated rings. The lowest BCUT2D eigenvalue weighted by Gasteiger charge is -2.21. The van der Waals surface area contributed by atoms with Gasteiger partial charge in [-0.15, -0.1) is 0 Å². The van der Waals surface area contributed by atoms with Gasteiger partial charge in [0.25, 0.3) is 0 Å². The van der Waals surface area contributed by atoms with Crippen molar-refractivity contribution in [3.05, 3.63) is 113 Å². The van der Waals surface area contributed by atoms with Crippen molar-refractivity contribution in [1.82, 2.24) is 0 Å². The van der Waals surface area contributed by atoms with Crippen molar-refractivity contribution < 1.29 is 19.0 Å². The molecule has 8 heteroatoms. The second-order valence-corrected chi connectivity index (χ2v) is 9.25. The van der Waals surface area contributed by atoms with E-state index in [1.807, 2.05) is 13.8 Å². The molecule has 0 saturated heterocycles. The van der Waals surface area contributed by atoms with Crippen LogP contribution in [-0.2, 0) is 0 Å². The fourth-order valence-electron chi connectivity index (χ4n) is 4.33. The van der Waals surface area contributed by atoms with Crippen molar-refractivity contribution in [3.63, 3.8) is 0 Å². The molecule has 2 aromatic heterocycles. The van der Waals surface area contributed by atoms with E-state index in [9.17, 15) is 19.8 Å². The molecule has 35 heavy (non-hydrogen) atoms. The molecule has 0 spiro atoms. The van der Waals surface area contributed by atoms with Crippen molar-refractivity contribution in [2.75, 3.05) is 0 Å². The number of hydrogen-bond acceptors (Lipinski definition) is 6. The highest BCUT2D eigenvalue weighted by Crippen LogP contribution is 2.44. The van der Waals surface area contributed by atoms with Gasteiger partial charge in [0, 0.05) is 10.0 Å². The normalized spacial score (nSPS) is 11.6. The van der Waals surface area contributed by atoms with Crippen molar-refractivity contribution in [2.24, 2.45) is 0 Å². The highest BCUT2D eigenvalue weighted by atomic mass is 35.5. The van der Waals surface area contributed by atoms with Crippen LogP contribution in [-0.4, -0.2) is 10.2 Å². The minimum absolute atomic E-state index is 0.119. The van der Waals surface area contributed by atoms with Crippen LogP contribution in [0.25, 0.3) is 21.9 Å². The SMILES string of the molecule is Cc1ccc2oc(=O)c(C(c3ccc(Cl)cc3Cl)c3c(O)c4cc(C)ccc4oc3=O)c(O)c2c1. The van der Waals surface area contributed by atoms with Crippen LogP contribution in [0, 0.1) is 13.8 Å². The fourth-order valence-corrected chi connectivity index (χ4v) is 4.85. The predicted octanol–water partition coefficient (Wildman–Crippen LogP) is 6.41. The van der Waals surface area contributed by atoms with E-state index < -0.39 is 17.2 Å². The highest BCUT2D eigenvalue weighted by molar-refractivity contribution is 6.35. The third-order valence-electron chi connectivity index (χ3n) is 5.99. The Morgan fingerprint density at radius 1 is 0.714 bits per heavy atom. The number of aromatic hydroxyl groups is 2. The predicted molar refractivity (Wildman–Crippen MR) is 135 cm³/mol. The van der Waals surface area contributed by atoms with Crippen LogP contribution in [0.4, 0.5) is 0 Å². The summed E-state index contributed by atoms with van der Waals surface area (Å²) in [5.74, 6) is -2.10. The Labute approximate surface area is 208 Å². The van der Waals surface area contributed by atoms with Gasteiger partial charge in [0.15, 0.2) is 0 Å². The average molecular weight is 509 g/mol. The third-order valence-corrected chi connectivity index (χ3v) is 6.55. The maximum absolute atomic E-state index is 13.2. The minimum atomic E-state index is -1.32. The molecule has 6 nitrogen and oxygen atoms in total. The zero-order valence-electron chi connectivity index (χ0n) is 18.6. The third kappa shape index (κ3) is 3.85. The Balaban J connectivity index is 1.94. The summed E-state index contributed by atoms with van der Waals surface area (Å²) >= 11 is 12.6. The van der Waals surface area contributed by atoms with Crippen LogP contribution in [0.1, 0.15) is 33.7 Å². The van der Waals surface area contributed by atoms with Gasteiger partial charge < -0.3 is 19.0 Å². The van der Waals surface area contributed by atoms with Crippen LogP contribution in [0.2, 0.25) is 10.0 Å². The van der Waals surface area contributed by atoms with E-state index in [-0.39, 0.29) is 55.2 Å². The van der Waals surface area contributed by atoms with E-state index in [0.717, 1.165) is 11.1 Å². The quantitative estimate of drug-likeness (QED) is 0.273. The molecule has 176 valence electrons. The molecular weight excluding hydrogens is 491 g/mol. The smallest absolute Gasteiger partial charge is 0.344 e. The zero-order chi connectivity index (χ0) is 25.0. The highest BCUT2D eigenvalue weighted by Gasteiger charge is 2.33. The standard InChI is InChI=1S/C27H18Cl2O6/c1-12-3-7-19-16(9-12)24(30)22(26(32)34-19)21(15-6-5-14(28)11-18(15)29)23-25(31)17-10-13(2)4-8-20(17)35-27(23)33/h3-11,21,30-31H,1-2H3. The first-order valence-electron chi connectivity index (χ1n) is 10.6. The lowest BCUT2D eigenvalue weighted by Crippen LogP contribution is -2.21. The van der Waals surface area contributed by atoms with E-state index >= 15 is 0 Å². The summed E-state index contributed by atoms with van der Waals surface area (Å²) in [6.45, 7) is 3.65. The van der Waals surface area contributed by atoms with Crippen molar-refractivity contribution in [3.8, 4) is 11.5 Å². The Morgan fingerprint density at radius 2 is 1.20 bits per heavy atom. The molecule has 0 aliphatic heterocycles. The van der Waals surface area contributed by atoms with Crippen molar-refractivity contribution in [1.29, 1.82) is 0 Å². The lowest BCUT2D eigenvalue weighted by atomic mass is 9.84. The van der Waals surface area contributed by atoms with Crippen LogP contribution >= 0.6 is 23.2 Å². The first-order chi connectivity index (χ1) is 16.7. The monoisotopic (exact) mass is 508 g/mol. The molecule has 0 aliphatic carbocycles. The molecule has 2 N–H and O–H groups in total. The van der Waals surface area contributed by atoms with Crippen LogP contribution < -0.4 is 11.3 Å². The van der Waals surface area contributed by atoms with E-state index in [2.05, 4.69) is 0 Å². The summed E-state index contributed by atoms with van der Waals surface area (Å²) in [6.07, 6.45) is 0. The van der Waals surface area contributed by atoms with Gasteiger partial charge in [-0.25, -0.2) is 9.59 Å². The second-order valence-electron chi connectivity index (χ2n) is 8.40. The lowest BCUT2D eigenvalue weighted by molar-refractivity contribution is 0.441. The maximum Gasteiger partial charge on any atom is 0.344 e. The Hall–Kier alpha value is -3.74. The first kappa shape index (κ1) is 23.0. The van der Waals surface area contributed by atoms with Crippen LogP contribution in [0.3, 0.4) is 0 Å². The second kappa shape index (κ2) is 8.48. The van der Waals surface area contributed by atoms with E-state index in [4.69, 9.17) is 32.0 Å². The number of hydrogen-bond donors (Lipinski definition) is 2. The number of benzene rings is 3. The summed E-state index contributed by atoms with van der Waals surface area (Å²) in [4.78, 5) is 26.5. The molecular formula is C27H18Cl2O6. The molecule has 0 saturated carbocycles. The topological polar surface area (TPSA) is 101 Å². The largest absolute Gasteiger partial charge is 0.507 e. The van der Waals surface area contributed by atoms with Crippen molar-refractivity contribution >= 4 is 45.1 Å². The van der Waals surface area contributed by atoms with Gasteiger partial charge >= 0.3 is 11.3 Å². The summed E-state index contributed by atoms with van der Waals surface area (Å²) < 4.78 is 11.0. The van der Waals surface area contributed by atoms with E-state index in [1.165, 1.54) is 18.2 Å². The number of fused-ring (bicyclic) bond motifs is 2. The molecule has 0 radical (unpaired) electrons. The molecule has 3 aromatic carbocycles. The Morgan fingerprint density at radius 3 is 1.66 bits per heavy atom. The Kier molecular flexibility index (Phi) is 5.58. The molecule has 0 amide bonds. The van der Waals surface area contributed by atoms with Crippen molar-refractivity contribution in [2.45, 2.75) is 19.8 Å². The number of aryl methyl sites for hydroxylation is 2. The first-order valence-corrected chi connectivity index (χ1v) is 11.4. The summed E-state index contributed by atoms with van der Waals surface area (Å²) in [6, 6.07) is 14.4. The van der Waals surface area contributed by atoms with Gasteiger partial charge in [-0.2, -0.15) is 0 Å². The van der Waals surface area contributed by atoms with E-state index in [0.29, 0.717) is 5.02 Å². The van der Waals surface area contributed by atoms with Crippen LogP contribution in [0.15, 0.2) is 73.0 Å². The molecule has 0 aliphatic rings. The van der Waals surface area contributed by atoms with Gasteiger partial charge in [0.2, 0.25) is 0 Å². The maximum atomic E-state index is 13.2. The average Bonchev–Trinajstić information content (AvgIpc) is 2.79. The minimum Gasteiger partial charge on any atom is -0.507 e. The number of halogens is 2. The van der Waals surface area contributed by atoms with E-state index in [1.54, 1.807) is 36.4 Å². The summed E-state index contributed by atoms with van der Waals surface area (Å²) in [7, 11) is 0. The summed E-state index contributed by atoms with van der Waals surface area (Å²) in [5.41, 5.74) is -0.0732. The molecule has 0 atom stereocenters. The molecule has 5 rings (SSSR count). The van der Waals surface area contributed by atoms with Gasteiger partial charge in [-0.3, -0.25) is 0 Å². The van der Waals surface area contributed by atoms with Crippen LogP contribution in [0.5, 0.6) is 11.5 Å². The van der Waals surface area contributed by atoms with Gasteiger partial charge in [-0.1, -0.05) is 52.5 Å². The summed E-state index contributed by atoms with van der Waals surface area (Å²) in [5, 5.41) is 23.6. The Bertz CT molecular complexity index is 1660. The molecule has 2 heterocycles. The van der Waals surface area contributed by atoms with Gasteiger partial charge in [0.05, 0.1) is 27.8 Å². The zero-order valence-corrected chi connectivity index (χ0v) is 20.1. The molecule has 0 bridgehead atoms. The fraction of sp³-hybridized carbons (Fsp3) is 0.111. The molecule has 5 aromatic rings. The molecule has 0 unspecified atom stereocenters. The number of rotatable bonds is 3. The van der Waals surface area contributed by atoms with Gasteiger partial charge in [-0.05, 0) is 55.8 Å².